The molecular weight excluding hydrogens is 322 g/mol. The molecule has 0 heterocycles. The van der Waals surface area contributed by atoms with Crippen molar-refractivity contribution in [3.05, 3.63) is 65.7 Å². The Kier molecular flexibility index (Phi) is 5.04. The van der Waals surface area contributed by atoms with E-state index in [2.05, 4.69) is 4.72 Å². The Morgan fingerprint density at radius 3 is 2.33 bits per heavy atom. The van der Waals surface area contributed by atoms with Crippen LogP contribution in [-0.2, 0) is 10.0 Å². The van der Waals surface area contributed by atoms with Crippen LogP contribution in [0.15, 0.2) is 59.5 Å². The van der Waals surface area contributed by atoms with Crippen LogP contribution in [0.25, 0.3) is 0 Å². The highest BCUT2D eigenvalue weighted by Gasteiger charge is 2.33. The van der Waals surface area contributed by atoms with Gasteiger partial charge in [-0.3, -0.25) is 0 Å². The summed E-state index contributed by atoms with van der Waals surface area (Å²) in [6.45, 7) is 1.93. The molecule has 0 spiro atoms. The fourth-order valence-electron chi connectivity index (χ4n) is 3.34. The summed E-state index contributed by atoms with van der Waals surface area (Å²) >= 11 is 0. The first-order chi connectivity index (χ1) is 11.5. The van der Waals surface area contributed by atoms with Gasteiger partial charge >= 0.3 is 0 Å². The molecule has 0 aromatic heterocycles. The molecule has 0 aliphatic heterocycles. The van der Waals surface area contributed by atoms with Gasteiger partial charge in [-0.05, 0) is 43.9 Å². The van der Waals surface area contributed by atoms with E-state index in [0.717, 1.165) is 11.1 Å². The second kappa shape index (κ2) is 7.05. The maximum absolute atomic E-state index is 12.7. The van der Waals surface area contributed by atoms with Gasteiger partial charge in [-0.1, -0.05) is 48.0 Å². The van der Waals surface area contributed by atoms with Crippen molar-refractivity contribution in [1.29, 1.82) is 0 Å². The van der Waals surface area contributed by atoms with Crippen molar-refractivity contribution < 1.29 is 13.5 Å². The van der Waals surface area contributed by atoms with E-state index in [1.54, 1.807) is 24.3 Å². The van der Waals surface area contributed by atoms with Gasteiger partial charge in [0, 0.05) is 12.0 Å². The Morgan fingerprint density at radius 1 is 1.00 bits per heavy atom. The van der Waals surface area contributed by atoms with E-state index in [4.69, 9.17) is 0 Å². The van der Waals surface area contributed by atoms with Crippen molar-refractivity contribution in [1.82, 2.24) is 4.72 Å². The highest BCUT2D eigenvalue weighted by molar-refractivity contribution is 7.89. The van der Waals surface area contributed by atoms with Gasteiger partial charge in [0.2, 0.25) is 10.0 Å². The number of aliphatic hydroxyl groups is 1. The molecule has 3 atom stereocenters. The zero-order valence-corrected chi connectivity index (χ0v) is 14.5. The number of benzene rings is 2. The molecule has 128 valence electrons. The van der Waals surface area contributed by atoms with E-state index in [9.17, 15) is 13.5 Å². The molecule has 0 bridgehead atoms. The highest BCUT2D eigenvalue weighted by atomic mass is 32.2. The molecule has 24 heavy (non-hydrogen) atoms. The minimum absolute atomic E-state index is 0.0184. The molecule has 4 nitrogen and oxygen atoms in total. The Bertz CT molecular complexity index is 772. The smallest absolute Gasteiger partial charge is 0.240 e. The molecule has 1 aliphatic rings. The molecule has 0 unspecified atom stereocenters. The van der Waals surface area contributed by atoms with Crippen molar-refractivity contribution >= 4 is 10.0 Å². The summed E-state index contributed by atoms with van der Waals surface area (Å²) in [5.41, 5.74) is 2.09. The van der Waals surface area contributed by atoms with Crippen LogP contribution in [0.3, 0.4) is 0 Å². The van der Waals surface area contributed by atoms with Crippen LogP contribution in [0.2, 0.25) is 0 Å². The quantitative estimate of drug-likeness (QED) is 0.895. The first kappa shape index (κ1) is 17.1. The molecule has 0 radical (unpaired) electrons. The molecule has 1 aliphatic carbocycles. The minimum Gasteiger partial charge on any atom is -0.393 e. The minimum atomic E-state index is -3.57. The maximum atomic E-state index is 12.7. The summed E-state index contributed by atoms with van der Waals surface area (Å²) in [4.78, 5) is 0.283. The van der Waals surface area contributed by atoms with E-state index in [-0.39, 0.29) is 23.0 Å². The molecule has 1 saturated carbocycles. The number of hydrogen-bond acceptors (Lipinski definition) is 3. The Hall–Kier alpha value is -1.69. The lowest BCUT2D eigenvalue weighted by atomic mass is 9.79. The first-order valence-corrected chi connectivity index (χ1v) is 9.76. The van der Waals surface area contributed by atoms with Gasteiger partial charge in [0.25, 0.3) is 0 Å². The summed E-state index contributed by atoms with van der Waals surface area (Å²) < 4.78 is 28.3. The van der Waals surface area contributed by atoms with Gasteiger partial charge in [-0.25, -0.2) is 13.1 Å². The molecule has 1 fully saturated rings. The van der Waals surface area contributed by atoms with E-state index in [0.29, 0.717) is 19.3 Å². The normalized spacial score (nSPS) is 24.7. The molecule has 3 rings (SSSR count). The summed E-state index contributed by atoms with van der Waals surface area (Å²) in [5, 5.41) is 10.0. The van der Waals surface area contributed by atoms with Crippen LogP contribution < -0.4 is 4.72 Å². The van der Waals surface area contributed by atoms with E-state index in [1.807, 2.05) is 37.3 Å². The van der Waals surface area contributed by atoms with E-state index in [1.165, 1.54) is 0 Å². The topological polar surface area (TPSA) is 66.4 Å². The average molecular weight is 345 g/mol. The number of aryl methyl sites for hydroxylation is 1. The van der Waals surface area contributed by atoms with Gasteiger partial charge in [0.1, 0.15) is 0 Å². The lowest BCUT2D eigenvalue weighted by molar-refractivity contribution is 0.108. The highest BCUT2D eigenvalue weighted by Crippen LogP contribution is 2.34. The molecule has 2 aromatic rings. The number of hydrogen-bond donors (Lipinski definition) is 2. The molecule has 0 amide bonds. The van der Waals surface area contributed by atoms with Crippen LogP contribution in [0.1, 0.15) is 36.3 Å². The molecule has 0 saturated heterocycles. The SMILES string of the molecule is Cc1ccc(S(=O)(=O)N[C@@H]2CC[C@H](O)C[C@@H]2c2ccccc2)cc1. The lowest BCUT2D eigenvalue weighted by Gasteiger charge is -2.34. The second-order valence-corrected chi connectivity index (χ2v) is 8.24. The third kappa shape index (κ3) is 3.86. The molecule has 2 N–H and O–H groups in total. The van der Waals surface area contributed by atoms with Gasteiger partial charge in [0.15, 0.2) is 0 Å². The van der Waals surface area contributed by atoms with Crippen LogP contribution in [0.5, 0.6) is 0 Å². The first-order valence-electron chi connectivity index (χ1n) is 8.28. The fourth-order valence-corrected chi connectivity index (χ4v) is 4.65. The number of sulfonamides is 1. The van der Waals surface area contributed by atoms with Crippen molar-refractivity contribution in [3.8, 4) is 0 Å². The summed E-state index contributed by atoms with van der Waals surface area (Å²) in [6, 6.07) is 16.5. The van der Waals surface area contributed by atoms with Gasteiger partial charge < -0.3 is 5.11 Å². The third-order valence-corrected chi connectivity index (χ3v) is 6.19. The van der Waals surface area contributed by atoms with E-state index >= 15 is 0 Å². The Labute approximate surface area is 143 Å². The predicted molar refractivity (Wildman–Crippen MR) is 94.3 cm³/mol. The summed E-state index contributed by atoms with van der Waals surface area (Å²) in [7, 11) is -3.57. The zero-order chi connectivity index (χ0) is 17.2. The van der Waals surface area contributed by atoms with E-state index < -0.39 is 10.0 Å². The third-order valence-electron chi connectivity index (χ3n) is 4.69. The molecule has 5 heteroatoms. The lowest BCUT2D eigenvalue weighted by Crippen LogP contribution is -2.43. The Balaban J connectivity index is 1.85. The van der Waals surface area contributed by atoms with Gasteiger partial charge in [0.05, 0.1) is 11.0 Å². The van der Waals surface area contributed by atoms with Crippen LogP contribution >= 0.6 is 0 Å². The standard InChI is InChI=1S/C19H23NO3S/c1-14-7-10-17(11-8-14)24(22,23)20-19-12-9-16(21)13-18(19)15-5-3-2-4-6-15/h2-8,10-11,16,18-21H,9,12-13H2,1H3/t16-,18+,19+/m0/s1. The van der Waals surface area contributed by atoms with Crippen molar-refractivity contribution in [3.63, 3.8) is 0 Å². The number of aliphatic hydroxyl groups excluding tert-OH is 1. The van der Waals surface area contributed by atoms with Crippen LogP contribution in [0.4, 0.5) is 0 Å². The summed E-state index contributed by atoms with van der Waals surface area (Å²) in [6.07, 6.45) is 1.44. The van der Waals surface area contributed by atoms with Crippen molar-refractivity contribution in [2.75, 3.05) is 0 Å². The van der Waals surface area contributed by atoms with Crippen molar-refractivity contribution in [2.45, 2.75) is 49.1 Å². The zero-order valence-electron chi connectivity index (χ0n) is 13.7. The predicted octanol–water partition coefficient (Wildman–Crippen LogP) is 2.97. The molecular formula is C19H23NO3S. The largest absolute Gasteiger partial charge is 0.393 e. The fraction of sp³-hybridized carbons (Fsp3) is 0.368. The van der Waals surface area contributed by atoms with Crippen molar-refractivity contribution in [2.24, 2.45) is 0 Å². The average Bonchev–Trinajstić information content (AvgIpc) is 2.57. The monoisotopic (exact) mass is 345 g/mol. The summed E-state index contributed by atoms with van der Waals surface area (Å²) in [5.74, 6) is -0.0184. The van der Waals surface area contributed by atoms with Gasteiger partial charge in [-0.2, -0.15) is 0 Å². The van der Waals surface area contributed by atoms with Gasteiger partial charge in [-0.15, -0.1) is 0 Å². The van der Waals surface area contributed by atoms with Crippen LogP contribution in [-0.4, -0.2) is 25.7 Å². The number of nitrogens with one attached hydrogen (secondary N) is 1. The molecule has 2 aromatic carbocycles. The van der Waals surface area contributed by atoms with Crippen LogP contribution in [0, 0.1) is 6.92 Å². The Morgan fingerprint density at radius 2 is 1.67 bits per heavy atom. The number of rotatable bonds is 4. The maximum Gasteiger partial charge on any atom is 0.240 e. The second-order valence-electron chi connectivity index (χ2n) is 6.52.